The molecule has 0 spiro atoms. The van der Waals surface area contributed by atoms with E-state index in [2.05, 4.69) is 20.8 Å². The van der Waals surface area contributed by atoms with Crippen LogP contribution < -0.4 is 0 Å². The molecule has 11 N–H and O–H groups in total. The van der Waals surface area contributed by atoms with Crippen LogP contribution >= 0.6 is 7.82 Å². The van der Waals surface area contributed by atoms with Crippen LogP contribution in [0.2, 0.25) is 0 Å². The van der Waals surface area contributed by atoms with E-state index in [4.69, 9.17) is 42.2 Å². The average molecular weight is 1400 g/mol. The minimum absolute atomic E-state index is 0.0280. The van der Waals surface area contributed by atoms with Gasteiger partial charge in [0.25, 0.3) is 0 Å². The van der Waals surface area contributed by atoms with Gasteiger partial charge in [-0.15, -0.1) is 0 Å². The van der Waals surface area contributed by atoms with Crippen molar-refractivity contribution in [1.29, 1.82) is 0 Å². The number of carbonyl (C=O) groups is 3. The van der Waals surface area contributed by atoms with Gasteiger partial charge in [0.15, 0.2) is 18.7 Å². The number of hydrogen-bond acceptors (Lipinski definition) is 23. The second-order valence-electron chi connectivity index (χ2n) is 26.7. The van der Waals surface area contributed by atoms with Crippen molar-refractivity contribution in [2.24, 2.45) is 0 Å². The van der Waals surface area contributed by atoms with Gasteiger partial charge in [-0.1, -0.05) is 257 Å². The highest BCUT2D eigenvalue weighted by Gasteiger charge is 2.58. The normalized spacial score (nSPS) is 28.1. The van der Waals surface area contributed by atoms with Gasteiger partial charge in [-0.25, -0.2) is 9.36 Å². The molecular weight excluding hydrogens is 1270 g/mol. The van der Waals surface area contributed by atoms with Crippen LogP contribution in [0.5, 0.6) is 0 Å². The van der Waals surface area contributed by atoms with E-state index in [1.54, 1.807) is 6.08 Å². The number of allylic oxidation sites excluding steroid dienone is 3. The van der Waals surface area contributed by atoms with Gasteiger partial charge in [0, 0.05) is 18.9 Å². The van der Waals surface area contributed by atoms with Gasteiger partial charge in [0.05, 0.1) is 13.2 Å². The van der Waals surface area contributed by atoms with Crippen LogP contribution in [0.3, 0.4) is 0 Å². The number of hydrogen-bond donors (Lipinski definition) is 11. The largest absolute Gasteiger partial charge is 0.472 e. The minimum atomic E-state index is -5.71. The number of aliphatic hydroxyl groups is 10. The summed E-state index contributed by atoms with van der Waals surface area (Å²) in [4.78, 5) is 50.8. The number of phosphoric acid groups is 1. The van der Waals surface area contributed by atoms with Crippen molar-refractivity contribution in [2.75, 3.05) is 26.4 Å². The van der Waals surface area contributed by atoms with Crippen molar-refractivity contribution in [1.82, 2.24) is 0 Å². The molecule has 562 valence electrons. The van der Waals surface area contributed by atoms with Crippen LogP contribution in [0.15, 0.2) is 24.3 Å². The van der Waals surface area contributed by atoms with Gasteiger partial charge in [-0.3, -0.25) is 18.6 Å². The van der Waals surface area contributed by atoms with Crippen molar-refractivity contribution < 1.29 is 117 Å². The Kier molecular flexibility index (Phi) is 48.7. The van der Waals surface area contributed by atoms with E-state index in [0.717, 1.165) is 96.0 Å². The average Bonchev–Trinajstić information content (AvgIpc) is 0.795. The first kappa shape index (κ1) is 87.7. The Bertz CT molecular complexity index is 2090. The first-order valence-electron chi connectivity index (χ1n) is 37.2. The van der Waals surface area contributed by atoms with Crippen LogP contribution in [-0.2, 0) is 61.2 Å². The Morgan fingerprint density at radius 2 is 0.802 bits per heavy atom. The van der Waals surface area contributed by atoms with Gasteiger partial charge in [0.2, 0.25) is 0 Å². The van der Waals surface area contributed by atoms with Crippen molar-refractivity contribution in [3.8, 4) is 0 Å². The second-order valence-corrected chi connectivity index (χ2v) is 28.1. The molecular formula is C71H129O24P. The maximum atomic E-state index is 14.3. The van der Waals surface area contributed by atoms with Gasteiger partial charge in [0.1, 0.15) is 98.7 Å². The molecule has 3 aliphatic rings. The zero-order valence-corrected chi connectivity index (χ0v) is 59.3. The van der Waals surface area contributed by atoms with Crippen molar-refractivity contribution in [3.63, 3.8) is 0 Å². The summed E-state index contributed by atoms with van der Waals surface area (Å²) in [5, 5.41) is 110. The molecule has 2 heterocycles. The molecule has 0 aromatic rings. The summed E-state index contributed by atoms with van der Waals surface area (Å²) < 4.78 is 64.7. The molecule has 25 heteroatoms. The third kappa shape index (κ3) is 36.4. The molecule has 1 aliphatic carbocycles. The summed E-state index contributed by atoms with van der Waals surface area (Å²) in [6, 6.07) is 0. The summed E-state index contributed by atoms with van der Waals surface area (Å²) in [7, 11) is -5.71. The molecule has 0 aromatic carbocycles. The van der Waals surface area contributed by atoms with Gasteiger partial charge >= 0.3 is 25.7 Å². The molecule has 3 rings (SSSR count). The molecule has 3 fully saturated rings. The SMILES string of the molecule is CCCCCCCCCCCCC/C=C/C=C/C(=O)OCC(COP(=O)(O)OC1C(OC2OC(CO)C(O)C(O)C2O)C(O)C(O)C(O)C1OC1OC(COC(=O)CCCCCCCCCCCCC)C(O)C(O)C1O)OC(=O)CCCCCCCCCCCCCCCCC. The zero-order valence-electron chi connectivity index (χ0n) is 58.4. The lowest BCUT2D eigenvalue weighted by Crippen LogP contribution is -2.69. The van der Waals surface area contributed by atoms with Gasteiger partial charge in [-0.2, -0.15) is 0 Å². The number of ether oxygens (including phenoxy) is 7. The van der Waals surface area contributed by atoms with Gasteiger partial charge < -0.3 is 89.1 Å². The Hall–Kier alpha value is -2.56. The minimum Gasteiger partial charge on any atom is -0.463 e. The first-order chi connectivity index (χ1) is 46.3. The van der Waals surface area contributed by atoms with E-state index >= 15 is 0 Å². The highest BCUT2D eigenvalue weighted by atomic mass is 31.2. The van der Waals surface area contributed by atoms with Gasteiger partial charge in [-0.05, 0) is 25.7 Å². The summed E-state index contributed by atoms with van der Waals surface area (Å²) in [5.41, 5.74) is 0. The maximum Gasteiger partial charge on any atom is 0.472 e. The van der Waals surface area contributed by atoms with Crippen LogP contribution in [0.4, 0.5) is 0 Å². The Morgan fingerprint density at radius 1 is 0.427 bits per heavy atom. The van der Waals surface area contributed by atoms with E-state index in [1.165, 1.54) is 147 Å². The standard InChI is InChI=1S/C71H129O24P/c1-4-7-10-13-16-19-22-24-26-28-31-34-36-39-42-45-55(73)87-49-52(90-57(75)47-44-41-38-35-32-29-27-25-23-20-17-14-11-8-5-2)50-89-96(85,86)95-69-67(93-70-65(83)60(78)58(76)53(48-72)91-70)63(81)62(80)64(82)68(69)94-71-66(84)61(79)59(77)54(92-71)51-88-56(74)46-43-40-37-33-30-21-18-15-12-9-6-3/h36,39,42,45,52-54,58-72,76-84H,4-35,37-38,40-41,43-44,46-51H2,1-3H3,(H,85,86)/b39-36+,45-42+. The summed E-state index contributed by atoms with van der Waals surface area (Å²) in [5.74, 6) is -2.24. The number of phosphoric ester groups is 1. The summed E-state index contributed by atoms with van der Waals surface area (Å²) in [6.07, 6.45) is 13.3. The lowest BCUT2D eigenvalue weighted by atomic mass is 9.84. The fourth-order valence-electron chi connectivity index (χ4n) is 12.3. The molecule has 0 bridgehead atoms. The fraction of sp³-hybridized carbons (Fsp3) is 0.901. The van der Waals surface area contributed by atoms with Crippen LogP contribution in [0.1, 0.15) is 278 Å². The van der Waals surface area contributed by atoms with E-state index < -0.39 is 156 Å². The van der Waals surface area contributed by atoms with Crippen molar-refractivity contribution in [3.05, 3.63) is 24.3 Å². The molecule has 18 atom stereocenters. The summed E-state index contributed by atoms with van der Waals surface area (Å²) in [6.45, 7) is 3.32. The van der Waals surface area contributed by atoms with E-state index in [9.17, 15) is 74.9 Å². The number of unbranched alkanes of at least 4 members (excludes halogenated alkanes) is 35. The monoisotopic (exact) mass is 1400 g/mol. The Labute approximate surface area is 573 Å². The first-order valence-corrected chi connectivity index (χ1v) is 38.7. The third-order valence-electron chi connectivity index (χ3n) is 18.3. The predicted octanol–water partition coefficient (Wildman–Crippen LogP) is 9.74. The molecule has 2 saturated heterocycles. The third-order valence-corrected chi connectivity index (χ3v) is 19.3. The Balaban J connectivity index is 1.76. The van der Waals surface area contributed by atoms with Crippen LogP contribution in [-0.4, -0.2) is 204 Å². The molecule has 1 saturated carbocycles. The number of aliphatic hydroxyl groups excluding tert-OH is 10. The molecule has 0 aromatic heterocycles. The molecule has 24 nitrogen and oxygen atoms in total. The van der Waals surface area contributed by atoms with Crippen LogP contribution in [0.25, 0.3) is 0 Å². The lowest BCUT2D eigenvalue weighted by Gasteiger charge is -2.49. The Morgan fingerprint density at radius 3 is 1.23 bits per heavy atom. The topological polar surface area (TPSA) is 374 Å². The predicted molar refractivity (Wildman–Crippen MR) is 361 cm³/mol. The molecule has 18 unspecified atom stereocenters. The quantitative estimate of drug-likeness (QED) is 0.00673. The molecule has 0 amide bonds. The maximum absolute atomic E-state index is 14.3. The van der Waals surface area contributed by atoms with E-state index in [1.807, 2.05) is 6.08 Å². The second kappa shape index (κ2) is 53.3. The lowest BCUT2D eigenvalue weighted by molar-refractivity contribution is -0.360. The number of rotatable bonds is 57. The smallest absolute Gasteiger partial charge is 0.463 e. The molecule has 0 radical (unpaired) electrons. The fourth-order valence-corrected chi connectivity index (χ4v) is 13.2. The molecule has 2 aliphatic heterocycles. The summed E-state index contributed by atoms with van der Waals surface area (Å²) >= 11 is 0. The van der Waals surface area contributed by atoms with Crippen molar-refractivity contribution >= 4 is 25.7 Å². The highest BCUT2D eigenvalue weighted by Crippen LogP contribution is 2.49. The van der Waals surface area contributed by atoms with Crippen LogP contribution in [0, 0.1) is 0 Å². The molecule has 96 heavy (non-hydrogen) atoms. The number of carbonyl (C=O) groups excluding carboxylic acids is 3. The van der Waals surface area contributed by atoms with Crippen molar-refractivity contribution in [2.45, 2.75) is 382 Å². The number of esters is 3. The highest BCUT2D eigenvalue weighted by molar-refractivity contribution is 7.47. The zero-order chi connectivity index (χ0) is 70.4. The van der Waals surface area contributed by atoms with E-state index in [-0.39, 0.29) is 12.8 Å². The van der Waals surface area contributed by atoms with E-state index in [0.29, 0.717) is 12.8 Å².